The van der Waals surface area contributed by atoms with Gasteiger partial charge in [-0.05, 0) is 85.4 Å². The molecule has 1 aliphatic heterocycles. The maximum atomic E-state index is 11.8. The van der Waals surface area contributed by atoms with Crippen LogP contribution in [-0.2, 0) is 10.0 Å². The summed E-state index contributed by atoms with van der Waals surface area (Å²) in [5.74, 6) is 1.30. The minimum Gasteiger partial charge on any atom is -0.459 e. The van der Waals surface area contributed by atoms with Crippen molar-refractivity contribution in [1.29, 1.82) is 0 Å². The van der Waals surface area contributed by atoms with E-state index in [-0.39, 0.29) is 12.1 Å². The van der Waals surface area contributed by atoms with Gasteiger partial charge in [0, 0.05) is 17.4 Å². The van der Waals surface area contributed by atoms with Gasteiger partial charge in [0.15, 0.2) is 5.11 Å². The second-order valence-electron chi connectivity index (χ2n) is 8.70. The third-order valence-electron chi connectivity index (χ3n) is 6.00. The molecule has 0 bridgehead atoms. The zero-order valence-corrected chi connectivity index (χ0v) is 22.9. The Balaban J connectivity index is 1.58. The summed E-state index contributed by atoms with van der Waals surface area (Å²) in [6.45, 7) is 1.84. The fourth-order valence-electron chi connectivity index (χ4n) is 4.35. The first-order chi connectivity index (χ1) is 17.6. The predicted octanol–water partition coefficient (Wildman–Crippen LogP) is 6.51. The molecule has 0 amide bonds. The highest BCUT2D eigenvalue weighted by atomic mass is 35.5. The number of pyridine rings is 1. The lowest BCUT2D eigenvalue weighted by atomic mass is 10.0. The van der Waals surface area contributed by atoms with Gasteiger partial charge < -0.3 is 14.6 Å². The fraction of sp³-hybridized carbons (Fsp3) is 0.154. The van der Waals surface area contributed by atoms with Gasteiger partial charge in [0.25, 0.3) is 0 Å². The van der Waals surface area contributed by atoms with Crippen LogP contribution < -0.4 is 14.9 Å². The average molecular weight is 574 g/mol. The van der Waals surface area contributed by atoms with Crippen LogP contribution in [0.5, 0.6) is 0 Å². The van der Waals surface area contributed by atoms with Gasteiger partial charge in [0.2, 0.25) is 10.0 Å². The number of hydrogen-bond donors (Lipinski definition) is 2. The van der Waals surface area contributed by atoms with Crippen LogP contribution in [0, 0.1) is 6.92 Å². The van der Waals surface area contributed by atoms with E-state index < -0.39 is 10.0 Å². The molecule has 4 aromatic rings. The smallest absolute Gasteiger partial charge is 0.229 e. The number of hydrogen-bond acceptors (Lipinski definition) is 5. The van der Waals surface area contributed by atoms with E-state index in [4.69, 9.17) is 39.8 Å². The van der Waals surface area contributed by atoms with Gasteiger partial charge in [-0.1, -0.05) is 29.3 Å². The van der Waals surface area contributed by atoms with Crippen LogP contribution >= 0.6 is 35.4 Å². The minimum absolute atomic E-state index is 0.296. The third-order valence-corrected chi connectivity index (χ3v) is 7.65. The van der Waals surface area contributed by atoms with Crippen LogP contribution in [0.4, 0.5) is 11.4 Å². The van der Waals surface area contributed by atoms with E-state index >= 15 is 0 Å². The SMILES string of the molecule is Cc1cc(N2C(=S)N[C@@H](c3ccccn3)[C@H]2c2ccc(-c3ccc(Cl)c(Cl)c3)o2)ccc1NS(C)(=O)=O. The summed E-state index contributed by atoms with van der Waals surface area (Å²) in [5, 5.41) is 4.79. The largest absolute Gasteiger partial charge is 0.459 e. The second-order valence-corrected chi connectivity index (χ2v) is 11.7. The van der Waals surface area contributed by atoms with E-state index in [1.165, 1.54) is 0 Å². The minimum atomic E-state index is -3.41. The lowest BCUT2D eigenvalue weighted by molar-refractivity contribution is 0.439. The molecule has 0 unspecified atom stereocenters. The monoisotopic (exact) mass is 572 g/mol. The Kier molecular flexibility index (Phi) is 6.89. The summed E-state index contributed by atoms with van der Waals surface area (Å²) in [6.07, 6.45) is 2.86. The molecule has 5 rings (SSSR count). The Bertz CT molecular complexity index is 1590. The molecule has 2 atom stereocenters. The number of anilines is 2. The summed E-state index contributed by atoms with van der Waals surface area (Å²) in [6, 6.07) is 19.6. The van der Waals surface area contributed by atoms with Gasteiger partial charge in [-0.3, -0.25) is 9.71 Å². The number of sulfonamides is 1. The normalized spacial score (nSPS) is 17.6. The predicted molar refractivity (Wildman–Crippen MR) is 152 cm³/mol. The van der Waals surface area contributed by atoms with Crippen molar-refractivity contribution in [3.63, 3.8) is 0 Å². The summed E-state index contributed by atoms with van der Waals surface area (Å²) < 4.78 is 32.4. The van der Waals surface area contributed by atoms with E-state index in [0.717, 1.165) is 28.8 Å². The molecule has 1 aliphatic rings. The molecular formula is C26H22Cl2N4O3S2. The quantitative estimate of drug-likeness (QED) is 0.255. The lowest BCUT2D eigenvalue weighted by Gasteiger charge is -2.26. The molecule has 7 nitrogen and oxygen atoms in total. The van der Waals surface area contributed by atoms with Crippen molar-refractivity contribution >= 4 is 61.9 Å². The van der Waals surface area contributed by atoms with Gasteiger partial charge in [0.1, 0.15) is 17.6 Å². The number of nitrogens with one attached hydrogen (secondary N) is 2. The van der Waals surface area contributed by atoms with Crippen LogP contribution in [0.25, 0.3) is 11.3 Å². The van der Waals surface area contributed by atoms with E-state index in [9.17, 15) is 8.42 Å². The zero-order valence-electron chi connectivity index (χ0n) is 19.8. The topological polar surface area (TPSA) is 87.5 Å². The molecule has 11 heteroatoms. The van der Waals surface area contributed by atoms with Gasteiger partial charge in [0.05, 0.1) is 33.7 Å². The van der Waals surface area contributed by atoms with Crippen molar-refractivity contribution in [2.24, 2.45) is 0 Å². The molecule has 2 aromatic heterocycles. The Labute approximate surface area is 230 Å². The van der Waals surface area contributed by atoms with E-state index in [2.05, 4.69) is 15.0 Å². The van der Waals surface area contributed by atoms with Crippen LogP contribution in [0.3, 0.4) is 0 Å². The molecule has 0 spiro atoms. The molecule has 190 valence electrons. The van der Waals surface area contributed by atoms with Crippen LogP contribution in [0.1, 0.15) is 29.1 Å². The van der Waals surface area contributed by atoms with Crippen molar-refractivity contribution in [3.8, 4) is 11.3 Å². The Hall–Kier alpha value is -3.11. The molecule has 2 N–H and O–H groups in total. The molecule has 3 heterocycles. The van der Waals surface area contributed by atoms with Gasteiger partial charge >= 0.3 is 0 Å². The average Bonchev–Trinajstić information content (AvgIpc) is 3.46. The van der Waals surface area contributed by atoms with Gasteiger partial charge in [-0.15, -0.1) is 0 Å². The highest BCUT2D eigenvalue weighted by Gasteiger charge is 2.42. The summed E-state index contributed by atoms with van der Waals surface area (Å²) in [7, 11) is -3.41. The number of benzene rings is 2. The van der Waals surface area contributed by atoms with E-state index in [0.29, 0.717) is 32.4 Å². The standard InChI is InChI=1S/C26H22Cl2N4O3S2/c1-15-13-17(7-9-20(15)31-37(2,33)34)32-25(24(30-26(32)36)21-5-3-4-12-29-21)23-11-10-22(35-23)16-6-8-18(27)19(28)14-16/h3-14,24-25,31H,1-2H3,(H,30,36)/t24-,25+/m0/s1. The molecular weight excluding hydrogens is 551 g/mol. The Morgan fingerprint density at radius 3 is 2.54 bits per heavy atom. The summed E-state index contributed by atoms with van der Waals surface area (Å²) in [4.78, 5) is 6.52. The van der Waals surface area contributed by atoms with Crippen molar-refractivity contribution in [3.05, 3.63) is 100.0 Å². The number of rotatable bonds is 6. The summed E-state index contributed by atoms with van der Waals surface area (Å²) in [5.41, 5.74) is 3.63. The zero-order chi connectivity index (χ0) is 26.3. The highest BCUT2D eigenvalue weighted by Crippen LogP contribution is 2.43. The van der Waals surface area contributed by atoms with Crippen molar-refractivity contribution < 1.29 is 12.8 Å². The van der Waals surface area contributed by atoms with E-state index in [1.54, 1.807) is 24.4 Å². The highest BCUT2D eigenvalue weighted by molar-refractivity contribution is 7.92. The van der Waals surface area contributed by atoms with E-state index in [1.807, 2.05) is 60.4 Å². The molecule has 0 radical (unpaired) electrons. The van der Waals surface area contributed by atoms with Crippen molar-refractivity contribution in [2.75, 3.05) is 15.9 Å². The summed E-state index contributed by atoms with van der Waals surface area (Å²) >= 11 is 18.1. The Morgan fingerprint density at radius 1 is 1.05 bits per heavy atom. The number of nitrogens with zero attached hydrogens (tertiary/aromatic N) is 2. The Morgan fingerprint density at radius 2 is 1.86 bits per heavy atom. The van der Waals surface area contributed by atoms with Crippen molar-refractivity contribution in [2.45, 2.75) is 19.0 Å². The number of aromatic nitrogens is 1. The molecule has 0 aliphatic carbocycles. The molecule has 2 aromatic carbocycles. The first-order valence-corrected chi connectivity index (χ1v) is 14.3. The van der Waals surface area contributed by atoms with Gasteiger partial charge in [-0.25, -0.2) is 8.42 Å². The first kappa shape index (κ1) is 25.5. The maximum absolute atomic E-state index is 11.8. The van der Waals surface area contributed by atoms with Gasteiger partial charge in [-0.2, -0.15) is 0 Å². The first-order valence-electron chi connectivity index (χ1n) is 11.2. The molecule has 1 saturated heterocycles. The van der Waals surface area contributed by atoms with Crippen LogP contribution in [-0.4, -0.2) is 24.8 Å². The van der Waals surface area contributed by atoms with Crippen LogP contribution in [0.2, 0.25) is 10.0 Å². The lowest BCUT2D eigenvalue weighted by Crippen LogP contribution is -2.29. The van der Waals surface area contributed by atoms with Crippen LogP contribution in [0.15, 0.2) is 77.3 Å². The van der Waals surface area contributed by atoms with Crippen molar-refractivity contribution in [1.82, 2.24) is 10.3 Å². The third kappa shape index (κ3) is 5.31. The fourth-order valence-corrected chi connectivity index (χ4v) is 5.62. The maximum Gasteiger partial charge on any atom is 0.229 e. The number of furan rings is 1. The molecule has 0 saturated carbocycles. The number of halogens is 2. The molecule has 1 fully saturated rings. The second kappa shape index (κ2) is 9.98. The molecule has 37 heavy (non-hydrogen) atoms. The number of thiocarbonyl (C=S) groups is 1. The number of aryl methyl sites for hydroxylation is 1.